The molecule has 2 N–H and O–H groups in total. The summed E-state index contributed by atoms with van der Waals surface area (Å²) in [6.45, 7) is 6.55. The van der Waals surface area contributed by atoms with Crippen molar-refractivity contribution in [3.8, 4) is 0 Å². The standard InChI is InChI=1S/C15H29NO/c1-12(2)13-5-7-15(11-16,8-6-13)10-14-4-3-9-17-14/h12-14H,3-11,16H2,1-2H3. The average Bonchev–Trinajstić information content (AvgIpc) is 2.82. The van der Waals surface area contributed by atoms with Gasteiger partial charge in [0, 0.05) is 6.61 Å². The molecule has 2 heteroatoms. The number of nitrogens with two attached hydrogens (primary N) is 1. The van der Waals surface area contributed by atoms with Crippen LogP contribution in [0.5, 0.6) is 0 Å². The van der Waals surface area contributed by atoms with Gasteiger partial charge in [-0.1, -0.05) is 13.8 Å². The zero-order valence-electron chi connectivity index (χ0n) is 11.6. The van der Waals surface area contributed by atoms with Gasteiger partial charge in [0.2, 0.25) is 0 Å². The lowest BCUT2D eigenvalue weighted by atomic mass is 9.65. The smallest absolute Gasteiger partial charge is 0.0581 e. The fraction of sp³-hybridized carbons (Fsp3) is 1.00. The van der Waals surface area contributed by atoms with Gasteiger partial charge in [-0.25, -0.2) is 0 Å². The van der Waals surface area contributed by atoms with Gasteiger partial charge in [0.25, 0.3) is 0 Å². The molecule has 0 aromatic carbocycles. The number of rotatable bonds is 4. The molecule has 0 aromatic heterocycles. The summed E-state index contributed by atoms with van der Waals surface area (Å²) in [5.41, 5.74) is 6.49. The van der Waals surface area contributed by atoms with Crippen LogP contribution in [0.3, 0.4) is 0 Å². The van der Waals surface area contributed by atoms with E-state index in [1.54, 1.807) is 0 Å². The number of hydrogen-bond donors (Lipinski definition) is 1. The Kier molecular flexibility index (Phi) is 4.48. The second-order valence-electron chi connectivity index (χ2n) is 6.62. The lowest BCUT2D eigenvalue weighted by Gasteiger charge is -2.42. The van der Waals surface area contributed by atoms with Gasteiger partial charge in [-0.2, -0.15) is 0 Å². The molecule has 1 unspecified atom stereocenters. The third kappa shape index (κ3) is 3.23. The van der Waals surface area contributed by atoms with Crippen molar-refractivity contribution in [1.29, 1.82) is 0 Å². The highest BCUT2D eigenvalue weighted by atomic mass is 16.5. The van der Waals surface area contributed by atoms with Crippen molar-refractivity contribution in [3.05, 3.63) is 0 Å². The van der Waals surface area contributed by atoms with Crippen LogP contribution in [0.25, 0.3) is 0 Å². The molecule has 2 rings (SSSR count). The van der Waals surface area contributed by atoms with E-state index in [0.717, 1.165) is 25.0 Å². The van der Waals surface area contributed by atoms with Gasteiger partial charge in [-0.15, -0.1) is 0 Å². The number of hydrogen-bond acceptors (Lipinski definition) is 2. The summed E-state index contributed by atoms with van der Waals surface area (Å²) in [7, 11) is 0. The van der Waals surface area contributed by atoms with Crippen LogP contribution >= 0.6 is 0 Å². The minimum atomic E-state index is 0.403. The normalized spacial score (nSPS) is 38.8. The quantitative estimate of drug-likeness (QED) is 0.816. The molecule has 0 amide bonds. The van der Waals surface area contributed by atoms with E-state index in [4.69, 9.17) is 10.5 Å². The summed E-state index contributed by atoms with van der Waals surface area (Å²) in [5, 5.41) is 0. The Labute approximate surface area is 106 Å². The lowest BCUT2D eigenvalue weighted by Crippen LogP contribution is -2.38. The molecule has 1 aliphatic heterocycles. The van der Waals surface area contributed by atoms with Crippen molar-refractivity contribution >= 4 is 0 Å². The van der Waals surface area contributed by atoms with Crippen LogP contribution in [0.1, 0.15) is 58.8 Å². The van der Waals surface area contributed by atoms with E-state index in [1.807, 2.05) is 0 Å². The Bertz CT molecular complexity index is 225. The summed E-state index contributed by atoms with van der Waals surface area (Å²) in [5.74, 6) is 1.77. The monoisotopic (exact) mass is 239 g/mol. The topological polar surface area (TPSA) is 35.2 Å². The largest absolute Gasteiger partial charge is 0.378 e. The molecule has 2 nitrogen and oxygen atoms in total. The number of ether oxygens (including phenoxy) is 1. The molecule has 17 heavy (non-hydrogen) atoms. The van der Waals surface area contributed by atoms with Crippen molar-refractivity contribution < 1.29 is 4.74 Å². The van der Waals surface area contributed by atoms with E-state index in [2.05, 4.69) is 13.8 Å². The molecule has 2 aliphatic rings. The van der Waals surface area contributed by atoms with Crippen molar-refractivity contribution in [1.82, 2.24) is 0 Å². The fourth-order valence-electron chi connectivity index (χ4n) is 3.70. The van der Waals surface area contributed by atoms with E-state index in [1.165, 1.54) is 44.9 Å². The van der Waals surface area contributed by atoms with Crippen LogP contribution < -0.4 is 5.73 Å². The predicted octanol–water partition coefficient (Wildman–Crippen LogP) is 3.35. The summed E-state index contributed by atoms with van der Waals surface area (Å²) in [6, 6.07) is 0. The first-order chi connectivity index (χ1) is 8.15. The molecule has 0 bridgehead atoms. The molecule has 100 valence electrons. The Hall–Kier alpha value is -0.0800. The molecule has 1 heterocycles. The zero-order valence-corrected chi connectivity index (χ0v) is 11.6. The minimum absolute atomic E-state index is 0.403. The van der Waals surface area contributed by atoms with Crippen LogP contribution in [-0.4, -0.2) is 19.3 Å². The zero-order chi connectivity index (χ0) is 12.3. The minimum Gasteiger partial charge on any atom is -0.378 e. The predicted molar refractivity (Wildman–Crippen MR) is 71.9 cm³/mol. The van der Waals surface area contributed by atoms with E-state index in [-0.39, 0.29) is 0 Å². The highest BCUT2D eigenvalue weighted by molar-refractivity contribution is 4.90. The van der Waals surface area contributed by atoms with Gasteiger partial charge in [-0.05, 0) is 68.7 Å². The molecule has 2 fully saturated rings. The molecule has 0 radical (unpaired) electrons. The highest BCUT2D eigenvalue weighted by Crippen LogP contribution is 2.44. The first kappa shape index (κ1) is 13.4. The average molecular weight is 239 g/mol. The Morgan fingerprint density at radius 2 is 1.94 bits per heavy atom. The summed E-state index contributed by atoms with van der Waals surface area (Å²) in [4.78, 5) is 0. The second-order valence-corrected chi connectivity index (χ2v) is 6.62. The Balaban J connectivity index is 1.88. The summed E-state index contributed by atoms with van der Waals surface area (Å²) < 4.78 is 5.80. The van der Waals surface area contributed by atoms with Crippen molar-refractivity contribution in [2.24, 2.45) is 23.0 Å². The van der Waals surface area contributed by atoms with E-state index < -0.39 is 0 Å². The van der Waals surface area contributed by atoms with Gasteiger partial charge in [0.05, 0.1) is 6.10 Å². The molecular formula is C15H29NO. The Morgan fingerprint density at radius 1 is 1.24 bits per heavy atom. The van der Waals surface area contributed by atoms with E-state index in [9.17, 15) is 0 Å². The second kappa shape index (κ2) is 5.71. The molecule has 0 aromatic rings. The van der Waals surface area contributed by atoms with Gasteiger partial charge in [0.1, 0.15) is 0 Å². The third-order valence-corrected chi connectivity index (χ3v) is 5.15. The Morgan fingerprint density at radius 3 is 2.41 bits per heavy atom. The van der Waals surface area contributed by atoms with E-state index in [0.29, 0.717) is 11.5 Å². The van der Waals surface area contributed by atoms with Crippen LogP contribution in [0.4, 0.5) is 0 Å². The lowest BCUT2D eigenvalue weighted by molar-refractivity contribution is 0.0343. The van der Waals surface area contributed by atoms with Gasteiger partial charge < -0.3 is 10.5 Å². The van der Waals surface area contributed by atoms with Crippen molar-refractivity contribution in [2.75, 3.05) is 13.2 Å². The SMILES string of the molecule is CC(C)C1CCC(CN)(CC2CCCO2)CC1. The van der Waals surface area contributed by atoms with Gasteiger partial charge in [0.15, 0.2) is 0 Å². The first-order valence-corrected chi connectivity index (χ1v) is 7.47. The van der Waals surface area contributed by atoms with Crippen LogP contribution in [-0.2, 0) is 4.74 Å². The van der Waals surface area contributed by atoms with E-state index >= 15 is 0 Å². The van der Waals surface area contributed by atoms with Gasteiger partial charge in [-0.3, -0.25) is 0 Å². The molecule has 1 aliphatic carbocycles. The van der Waals surface area contributed by atoms with Crippen LogP contribution in [0.2, 0.25) is 0 Å². The van der Waals surface area contributed by atoms with Crippen LogP contribution in [0, 0.1) is 17.3 Å². The van der Waals surface area contributed by atoms with Crippen LogP contribution in [0.15, 0.2) is 0 Å². The molecule has 1 atom stereocenters. The summed E-state index contributed by atoms with van der Waals surface area (Å²) in [6.07, 6.45) is 9.64. The first-order valence-electron chi connectivity index (χ1n) is 7.47. The van der Waals surface area contributed by atoms with Gasteiger partial charge >= 0.3 is 0 Å². The molecule has 1 saturated heterocycles. The van der Waals surface area contributed by atoms with Crippen molar-refractivity contribution in [3.63, 3.8) is 0 Å². The van der Waals surface area contributed by atoms with Crippen molar-refractivity contribution in [2.45, 2.75) is 64.9 Å². The maximum atomic E-state index is 6.08. The molecule has 1 saturated carbocycles. The molecule has 0 spiro atoms. The third-order valence-electron chi connectivity index (χ3n) is 5.15. The summed E-state index contributed by atoms with van der Waals surface area (Å²) >= 11 is 0. The molecular weight excluding hydrogens is 210 g/mol. The fourth-order valence-corrected chi connectivity index (χ4v) is 3.70. The maximum Gasteiger partial charge on any atom is 0.0581 e. The highest BCUT2D eigenvalue weighted by Gasteiger charge is 2.37. The maximum absolute atomic E-state index is 6.08.